The summed E-state index contributed by atoms with van der Waals surface area (Å²) in [6.45, 7) is 6.05. The third-order valence-corrected chi connectivity index (χ3v) is 6.77. The second-order valence-electron chi connectivity index (χ2n) is 7.76. The average Bonchev–Trinajstić information content (AvgIpc) is 3.06. The minimum Gasteiger partial charge on any atom is -0.490 e. The Hall–Kier alpha value is -0.740. The molecule has 158 valence electrons. The van der Waals surface area contributed by atoms with Gasteiger partial charge < -0.3 is 9.47 Å². The van der Waals surface area contributed by atoms with E-state index in [1.165, 1.54) is 75.3 Å². The molecule has 4 heteroatoms. The van der Waals surface area contributed by atoms with Crippen LogP contribution in [0.4, 0.5) is 0 Å². The molecule has 0 bridgehead atoms. The minimum atomic E-state index is 0.762. The van der Waals surface area contributed by atoms with Gasteiger partial charge in [-0.05, 0) is 30.5 Å². The molecule has 0 amide bonds. The molecule has 1 aromatic carbocycles. The summed E-state index contributed by atoms with van der Waals surface area (Å²) in [6.07, 6.45) is 15.3. The zero-order valence-electron chi connectivity index (χ0n) is 17.9. The van der Waals surface area contributed by atoms with Gasteiger partial charge in [-0.25, -0.2) is 0 Å². The molecule has 0 N–H and O–H groups in total. The molecule has 28 heavy (non-hydrogen) atoms. The minimum absolute atomic E-state index is 0.762. The molecule has 2 rings (SSSR count). The van der Waals surface area contributed by atoms with E-state index in [-0.39, 0.29) is 0 Å². The topological polar surface area (TPSA) is 18.5 Å². The number of benzene rings is 1. The predicted octanol–water partition coefficient (Wildman–Crippen LogP) is 8.09. The Morgan fingerprint density at radius 3 is 1.82 bits per heavy atom. The Morgan fingerprint density at radius 2 is 1.25 bits per heavy atom. The molecular weight excluding hydrogens is 384 g/mol. The summed E-state index contributed by atoms with van der Waals surface area (Å²) in [4.78, 5) is 0. The highest BCUT2D eigenvalue weighted by Gasteiger charge is 2.21. The molecule has 1 heterocycles. The van der Waals surface area contributed by atoms with Gasteiger partial charge in [0.15, 0.2) is 11.5 Å². The Balaban J connectivity index is 1.81. The highest BCUT2D eigenvalue weighted by molar-refractivity contribution is 8.23. The molecule has 1 aliphatic rings. The molecule has 1 aromatic rings. The number of fused-ring (bicyclic) bond motifs is 1. The summed E-state index contributed by atoms with van der Waals surface area (Å²) in [5.41, 5.74) is 2.46. The fourth-order valence-electron chi connectivity index (χ4n) is 3.49. The molecule has 0 saturated heterocycles. The van der Waals surface area contributed by atoms with Gasteiger partial charge in [-0.15, -0.1) is 11.8 Å². The van der Waals surface area contributed by atoms with Crippen LogP contribution in [0.5, 0.6) is 11.5 Å². The number of ether oxygens (including phenoxy) is 2. The smallest absolute Gasteiger partial charge is 0.161 e. The van der Waals surface area contributed by atoms with E-state index < -0.39 is 0 Å². The summed E-state index contributed by atoms with van der Waals surface area (Å²) in [5.74, 6) is 2.74. The van der Waals surface area contributed by atoms with Gasteiger partial charge in [-0.1, -0.05) is 90.3 Å². The molecule has 0 fully saturated rings. The van der Waals surface area contributed by atoms with E-state index in [0.717, 1.165) is 47.5 Å². The zero-order valence-corrected chi connectivity index (χ0v) is 19.5. The summed E-state index contributed by atoms with van der Waals surface area (Å²) in [6, 6.07) is 4.28. The first kappa shape index (κ1) is 23.5. The number of rotatable bonds is 16. The van der Waals surface area contributed by atoms with Gasteiger partial charge in [0.25, 0.3) is 0 Å². The molecule has 2 nitrogen and oxygen atoms in total. The van der Waals surface area contributed by atoms with Gasteiger partial charge in [0, 0.05) is 11.3 Å². The van der Waals surface area contributed by atoms with Crippen molar-refractivity contribution in [3.05, 3.63) is 23.3 Å². The number of hydrogen-bond acceptors (Lipinski definition) is 4. The highest BCUT2D eigenvalue weighted by Crippen LogP contribution is 2.39. The molecule has 0 radical (unpaired) electrons. The lowest BCUT2D eigenvalue weighted by molar-refractivity contribution is 0.258. The lowest BCUT2D eigenvalue weighted by atomic mass is 10.1. The second-order valence-corrected chi connectivity index (χ2v) is 9.42. The van der Waals surface area contributed by atoms with Crippen molar-refractivity contribution in [1.29, 1.82) is 0 Å². The molecule has 1 aliphatic heterocycles. The van der Waals surface area contributed by atoms with Gasteiger partial charge in [-0.3, -0.25) is 0 Å². The van der Waals surface area contributed by atoms with Gasteiger partial charge in [0.2, 0.25) is 0 Å². The number of thioether (sulfide) groups is 1. The van der Waals surface area contributed by atoms with Crippen LogP contribution in [-0.4, -0.2) is 17.4 Å². The summed E-state index contributed by atoms with van der Waals surface area (Å²) >= 11 is 7.24. The third-order valence-electron chi connectivity index (χ3n) is 5.26. The van der Waals surface area contributed by atoms with Crippen LogP contribution in [0.25, 0.3) is 0 Å². The fraction of sp³-hybridized carbons (Fsp3) is 0.708. The van der Waals surface area contributed by atoms with Crippen molar-refractivity contribution in [2.24, 2.45) is 0 Å². The maximum absolute atomic E-state index is 6.14. The van der Waals surface area contributed by atoms with Crippen LogP contribution >= 0.6 is 24.0 Å². The predicted molar refractivity (Wildman–Crippen MR) is 127 cm³/mol. The van der Waals surface area contributed by atoms with Crippen molar-refractivity contribution in [2.45, 2.75) is 96.7 Å². The first-order chi connectivity index (χ1) is 13.8. The van der Waals surface area contributed by atoms with E-state index in [4.69, 9.17) is 21.7 Å². The molecule has 0 spiro atoms. The van der Waals surface area contributed by atoms with Crippen LogP contribution < -0.4 is 9.47 Å². The summed E-state index contributed by atoms with van der Waals surface area (Å²) < 4.78 is 13.3. The Kier molecular flexibility index (Phi) is 12.0. The van der Waals surface area contributed by atoms with Crippen LogP contribution in [0.15, 0.2) is 12.1 Å². The van der Waals surface area contributed by atoms with Gasteiger partial charge in [0.05, 0.1) is 17.4 Å². The van der Waals surface area contributed by atoms with E-state index in [0.29, 0.717) is 0 Å². The maximum Gasteiger partial charge on any atom is 0.161 e. The SMILES string of the molecule is CCCCCCCCOc1cc2c(cc1OCCCCCCCC)C(=S)SC2. The molecule has 0 saturated carbocycles. The van der Waals surface area contributed by atoms with Crippen LogP contribution in [-0.2, 0) is 5.75 Å². The number of thiocarbonyl (C=S) groups is 1. The highest BCUT2D eigenvalue weighted by atomic mass is 32.2. The van der Waals surface area contributed by atoms with E-state index in [1.54, 1.807) is 11.8 Å². The van der Waals surface area contributed by atoms with E-state index in [9.17, 15) is 0 Å². The molecular formula is C24H38O2S2. The Morgan fingerprint density at radius 1 is 0.750 bits per heavy atom. The first-order valence-corrected chi connectivity index (χ1v) is 12.7. The fourth-order valence-corrected chi connectivity index (χ4v) is 4.72. The van der Waals surface area contributed by atoms with Crippen molar-refractivity contribution < 1.29 is 9.47 Å². The quantitative estimate of drug-likeness (QED) is 0.198. The lowest BCUT2D eigenvalue weighted by Gasteiger charge is -2.15. The van der Waals surface area contributed by atoms with Crippen molar-refractivity contribution in [1.82, 2.24) is 0 Å². The van der Waals surface area contributed by atoms with Crippen molar-refractivity contribution in [3.63, 3.8) is 0 Å². The molecule has 0 aromatic heterocycles. The molecule has 0 aliphatic carbocycles. The number of hydrogen-bond donors (Lipinski definition) is 0. The maximum atomic E-state index is 6.14. The Labute approximate surface area is 182 Å². The van der Waals surface area contributed by atoms with Gasteiger partial charge in [-0.2, -0.15) is 0 Å². The zero-order chi connectivity index (χ0) is 20.0. The summed E-state index contributed by atoms with van der Waals surface area (Å²) in [7, 11) is 0. The molecule has 0 atom stereocenters. The van der Waals surface area contributed by atoms with E-state index >= 15 is 0 Å². The van der Waals surface area contributed by atoms with Crippen LogP contribution in [0.1, 0.15) is 102 Å². The Bertz CT molecular complexity index is 586. The van der Waals surface area contributed by atoms with Crippen LogP contribution in [0.2, 0.25) is 0 Å². The average molecular weight is 423 g/mol. The van der Waals surface area contributed by atoms with E-state index in [1.807, 2.05) is 0 Å². The van der Waals surface area contributed by atoms with Crippen molar-refractivity contribution in [2.75, 3.05) is 13.2 Å². The monoisotopic (exact) mass is 422 g/mol. The van der Waals surface area contributed by atoms with E-state index in [2.05, 4.69) is 26.0 Å². The van der Waals surface area contributed by atoms with Crippen molar-refractivity contribution in [3.8, 4) is 11.5 Å². The van der Waals surface area contributed by atoms with Crippen LogP contribution in [0.3, 0.4) is 0 Å². The van der Waals surface area contributed by atoms with Gasteiger partial charge >= 0.3 is 0 Å². The van der Waals surface area contributed by atoms with Crippen LogP contribution in [0, 0.1) is 0 Å². The normalized spacial score (nSPS) is 13.0. The van der Waals surface area contributed by atoms with Gasteiger partial charge in [0.1, 0.15) is 0 Å². The summed E-state index contributed by atoms with van der Waals surface area (Å²) in [5, 5.41) is 0. The first-order valence-electron chi connectivity index (χ1n) is 11.4. The number of unbranched alkanes of at least 4 members (excludes halogenated alkanes) is 10. The van der Waals surface area contributed by atoms with Crippen molar-refractivity contribution >= 4 is 28.2 Å². The third kappa shape index (κ3) is 8.32. The lowest BCUT2D eigenvalue weighted by Crippen LogP contribution is -2.04. The largest absolute Gasteiger partial charge is 0.490 e. The second kappa shape index (κ2) is 14.3. The standard InChI is InChI=1S/C24H38O2S2/c1-3-5-7-9-11-13-15-25-22-17-20-19-28-24(27)21(20)18-23(22)26-16-14-12-10-8-6-4-2/h17-18H,3-16,19H2,1-2H3. The molecule has 0 unspecified atom stereocenters.